The summed E-state index contributed by atoms with van der Waals surface area (Å²) in [7, 11) is -1.83. The number of anilines is 1. The van der Waals surface area contributed by atoms with E-state index in [9.17, 15) is 13.2 Å². The Labute approximate surface area is 201 Å². The quantitative estimate of drug-likeness (QED) is 0.415. The smallest absolute Gasteiger partial charge is 0.243 e. The molecule has 0 saturated heterocycles. The lowest BCUT2D eigenvalue weighted by molar-refractivity contribution is -0.118. The Bertz CT molecular complexity index is 1220. The number of nitrogens with zero attached hydrogens (tertiary/aromatic N) is 3. The van der Waals surface area contributed by atoms with Crippen LogP contribution in [0.15, 0.2) is 78.0 Å². The van der Waals surface area contributed by atoms with Crippen molar-refractivity contribution in [3.8, 4) is 5.75 Å². The Kier molecular flexibility index (Phi) is 7.59. The number of hydrogen-bond acceptors (Lipinski definition) is 5. The summed E-state index contributed by atoms with van der Waals surface area (Å²) < 4.78 is 34.0. The van der Waals surface area contributed by atoms with Crippen molar-refractivity contribution >= 4 is 21.6 Å². The number of aromatic nitrogens is 1. The van der Waals surface area contributed by atoms with E-state index in [1.807, 2.05) is 30.3 Å². The number of carbonyl (C=O) groups is 1. The number of ether oxygens (including phenoxy) is 1. The van der Waals surface area contributed by atoms with Crippen LogP contribution < -0.4 is 9.64 Å². The molecule has 0 bridgehead atoms. The minimum atomic E-state index is -3.62. The van der Waals surface area contributed by atoms with E-state index in [1.54, 1.807) is 54.7 Å². The van der Waals surface area contributed by atoms with Crippen LogP contribution in [0.1, 0.15) is 24.0 Å². The Hall–Kier alpha value is -3.23. The Morgan fingerprint density at radius 3 is 2.62 bits per heavy atom. The maximum absolute atomic E-state index is 13.3. The van der Waals surface area contributed by atoms with Gasteiger partial charge in [0.15, 0.2) is 0 Å². The summed E-state index contributed by atoms with van der Waals surface area (Å²) in [5.41, 5.74) is 2.99. The highest BCUT2D eigenvalue weighted by atomic mass is 32.2. The van der Waals surface area contributed by atoms with Crippen molar-refractivity contribution in [2.45, 2.75) is 30.6 Å². The molecule has 2 aromatic carbocycles. The molecule has 0 radical (unpaired) electrons. The van der Waals surface area contributed by atoms with Crippen LogP contribution in [0.3, 0.4) is 0 Å². The first-order valence-electron chi connectivity index (χ1n) is 11.4. The van der Waals surface area contributed by atoms with E-state index >= 15 is 0 Å². The molecule has 1 aromatic heterocycles. The van der Waals surface area contributed by atoms with Crippen LogP contribution in [0, 0.1) is 0 Å². The lowest BCUT2D eigenvalue weighted by atomic mass is 10.0. The molecular formula is C26H29N3O4S. The fourth-order valence-electron chi connectivity index (χ4n) is 4.05. The van der Waals surface area contributed by atoms with Crippen LogP contribution in [0.25, 0.3) is 0 Å². The van der Waals surface area contributed by atoms with Crippen molar-refractivity contribution in [2.75, 3.05) is 31.6 Å². The summed E-state index contributed by atoms with van der Waals surface area (Å²) in [6.45, 7) is 1.10. The van der Waals surface area contributed by atoms with Gasteiger partial charge in [0.1, 0.15) is 5.75 Å². The maximum atomic E-state index is 13.3. The Morgan fingerprint density at radius 2 is 1.85 bits per heavy atom. The zero-order valence-electron chi connectivity index (χ0n) is 19.3. The molecule has 0 spiro atoms. The fraction of sp³-hybridized carbons (Fsp3) is 0.308. The molecular weight excluding hydrogens is 450 g/mol. The van der Waals surface area contributed by atoms with E-state index in [1.165, 1.54) is 4.31 Å². The number of sulfonamides is 1. The lowest BCUT2D eigenvalue weighted by Gasteiger charge is -2.26. The molecule has 1 amide bonds. The van der Waals surface area contributed by atoms with Gasteiger partial charge in [-0.2, -0.15) is 4.31 Å². The molecule has 34 heavy (non-hydrogen) atoms. The molecule has 0 saturated carbocycles. The number of benzene rings is 2. The Morgan fingerprint density at radius 1 is 1.03 bits per heavy atom. The minimum Gasteiger partial charge on any atom is -0.494 e. The van der Waals surface area contributed by atoms with Gasteiger partial charge in [0, 0.05) is 44.6 Å². The van der Waals surface area contributed by atoms with Crippen LogP contribution in [0.2, 0.25) is 0 Å². The molecule has 1 aliphatic heterocycles. The van der Waals surface area contributed by atoms with Crippen LogP contribution in [-0.4, -0.2) is 50.4 Å². The number of fused-ring (bicyclic) bond motifs is 1. The van der Waals surface area contributed by atoms with Crippen LogP contribution >= 0.6 is 0 Å². The summed E-state index contributed by atoms with van der Waals surface area (Å²) in [5, 5.41) is 0. The van der Waals surface area contributed by atoms with Crippen molar-refractivity contribution in [1.29, 1.82) is 0 Å². The second-order valence-corrected chi connectivity index (χ2v) is 10.2. The average Bonchev–Trinajstić information content (AvgIpc) is 2.87. The van der Waals surface area contributed by atoms with Crippen molar-refractivity contribution < 1.29 is 17.9 Å². The standard InChI is InChI=1S/C26H29N3O4S/c1-28-25-12-11-23(19-22(25)10-13-26(28)30)33-18-6-16-29(17-14-21-7-5-15-27-20-21)34(31,32)24-8-3-2-4-9-24/h2-5,7-9,11-12,15,19-20H,6,10,13-14,16-18H2,1H3. The zero-order chi connectivity index (χ0) is 24.0. The van der Waals surface area contributed by atoms with Gasteiger partial charge in [-0.3, -0.25) is 9.78 Å². The molecule has 0 aliphatic carbocycles. The number of hydrogen-bond donors (Lipinski definition) is 0. The van der Waals surface area contributed by atoms with Gasteiger partial charge in [0.2, 0.25) is 15.9 Å². The number of rotatable bonds is 10. The fourth-order valence-corrected chi connectivity index (χ4v) is 5.55. The maximum Gasteiger partial charge on any atom is 0.243 e. The van der Waals surface area contributed by atoms with E-state index in [0.717, 1.165) is 22.6 Å². The highest BCUT2D eigenvalue weighted by Crippen LogP contribution is 2.30. The second kappa shape index (κ2) is 10.8. The molecule has 3 aromatic rings. The molecule has 4 rings (SSSR count). The lowest BCUT2D eigenvalue weighted by Crippen LogP contribution is -2.34. The molecule has 0 N–H and O–H groups in total. The number of pyridine rings is 1. The van der Waals surface area contributed by atoms with Crippen LogP contribution in [0.4, 0.5) is 5.69 Å². The summed E-state index contributed by atoms with van der Waals surface area (Å²) in [6, 6.07) is 18.0. The van der Waals surface area contributed by atoms with E-state index in [2.05, 4.69) is 4.98 Å². The van der Waals surface area contributed by atoms with Crippen molar-refractivity contribution in [1.82, 2.24) is 9.29 Å². The molecule has 7 nitrogen and oxygen atoms in total. The van der Waals surface area contributed by atoms with Gasteiger partial charge < -0.3 is 9.64 Å². The highest BCUT2D eigenvalue weighted by molar-refractivity contribution is 7.89. The SMILES string of the molecule is CN1C(=O)CCc2cc(OCCCN(CCc3cccnc3)S(=O)(=O)c3ccccc3)ccc21. The predicted octanol–water partition coefficient (Wildman–Crippen LogP) is 3.69. The minimum absolute atomic E-state index is 0.118. The van der Waals surface area contributed by atoms with Gasteiger partial charge in [-0.25, -0.2) is 8.42 Å². The van der Waals surface area contributed by atoms with Gasteiger partial charge in [0.05, 0.1) is 11.5 Å². The monoisotopic (exact) mass is 479 g/mol. The summed E-state index contributed by atoms with van der Waals surface area (Å²) in [6.07, 6.45) is 5.79. The normalized spacial score (nSPS) is 13.7. The van der Waals surface area contributed by atoms with Gasteiger partial charge >= 0.3 is 0 Å². The molecule has 0 fully saturated rings. The first kappa shape index (κ1) is 23.9. The van der Waals surface area contributed by atoms with E-state index in [4.69, 9.17) is 4.74 Å². The number of carbonyl (C=O) groups excluding carboxylic acids is 1. The third-order valence-corrected chi connectivity index (χ3v) is 7.88. The first-order chi connectivity index (χ1) is 16.4. The molecule has 8 heteroatoms. The first-order valence-corrected chi connectivity index (χ1v) is 12.9. The third-order valence-electron chi connectivity index (χ3n) is 5.97. The van der Waals surface area contributed by atoms with E-state index < -0.39 is 10.0 Å². The number of aryl methyl sites for hydroxylation is 1. The Balaban J connectivity index is 1.39. The predicted molar refractivity (Wildman–Crippen MR) is 131 cm³/mol. The second-order valence-electron chi connectivity index (χ2n) is 8.27. The largest absolute Gasteiger partial charge is 0.494 e. The molecule has 178 valence electrons. The molecule has 0 atom stereocenters. The topological polar surface area (TPSA) is 79.8 Å². The summed E-state index contributed by atoms with van der Waals surface area (Å²) >= 11 is 0. The van der Waals surface area contributed by atoms with Crippen LogP contribution in [0.5, 0.6) is 5.75 Å². The van der Waals surface area contributed by atoms with Gasteiger partial charge in [-0.15, -0.1) is 0 Å². The highest BCUT2D eigenvalue weighted by Gasteiger charge is 2.24. The van der Waals surface area contributed by atoms with E-state index in [-0.39, 0.29) is 10.8 Å². The molecule has 1 aliphatic rings. The molecule has 2 heterocycles. The van der Waals surface area contributed by atoms with Gasteiger partial charge in [-0.1, -0.05) is 24.3 Å². The average molecular weight is 480 g/mol. The van der Waals surface area contributed by atoms with Crippen molar-refractivity contribution in [3.05, 3.63) is 84.2 Å². The van der Waals surface area contributed by atoms with Gasteiger partial charge in [-0.05, 0) is 66.8 Å². The van der Waals surface area contributed by atoms with E-state index in [0.29, 0.717) is 45.4 Å². The summed E-state index contributed by atoms with van der Waals surface area (Å²) in [5.74, 6) is 0.849. The van der Waals surface area contributed by atoms with Gasteiger partial charge in [0.25, 0.3) is 0 Å². The van der Waals surface area contributed by atoms with Crippen molar-refractivity contribution in [2.24, 2.45) is 0 Å². The zero-order valence-corrected chi connectivity index (χ0v) is 20.1. The number of amides is 1. The third kappa shape index (κ3) is 5.63. The van der Waals surface area contributed by atoms with Crippen molar-refractivity contribution in [3.63, 3.8) is 0 Å². The summed E-state index contributed by atoms with van der Waals surface area (Å²) in [4.78, 5) is 18.0. The molecule has 0 unspecified atom stereocenters. The van der Waals surface area contributed by atoms with Crippen LogP contribution in [-0.2, 0) is 27.7 Å².